The van der Waals surface area contributed by atoms with E-state index >= 15 is 0 Å². The number of benzene rings is 2. The maximum atomic E-state index is 12.7. The number of nitrogens with two attached hydrogens (primary N) is 1. The van der Waals surface area contributed by atoms with Crippen LogP contribution in [0.4, 0.5) is 5.69 Å². The molecule has 0 spiro atoms. The number of methoxy groups -OCH3 is 4. The Morgan fingerprint density at radius 2 is 1.48 bits per heavy atom. The highest BCUT2D eigenvalue weighted by molar-refractivity contribution is 7.84. The van der Waals surface area contributed by atoms with E-state index in [1.807, 2.05) is 0 Å². The van der Waals surface area contributed by atoms with Gasteiger partial charge in [-0.2, -0.15) is 13.6 Å². The number of hydrogen-bond acceptors (Lipinski definition) is 8. The van der Waals surface area contributed by atoms with Crippen molar-refractivity contribution in [2.24, 2.45) is 5.14 Å². The Morgan fingerprint density at radius 3 is 1.97 bits per heavy atom. The summed E-state index contributed by atoms with van der Waals surface area (Å²) in [7, 11) is 1.49. The number of carbonyl (C=O) groups excluding carboxylic acids is 1. The van der Waals surface area contributed by atoms with Gasteiger partial charge in [0.15, 0.2) is 23.0 Å². The van der Waals surface area contributed by atoms with Crippen LogP contribution in [0.25, 0.3) is 0 Å². The molecule has 0 aliphatic carbocycles. The van der Waals surface area contributed by atoms with Crippen molar-refractivity contribution in [1.29, 1.82) is 0 Å². The molecule has 0 aromatic heterocycles. The van der Waals surface area contributed by atoms with Crippen LogP contribution >= 0.6 is 0 Å². The molecular formula is C20H22N2O8S. The molecule has 2 aromatic rings. The van der Waals surface area contributed by atoms with Crippen LogP contribution in [0.2, 0.25) is 0 Å². The molecule has 10 nitrogen and oxygen atoms in total. The second-order valence-electron chi connectivity index (χ2n) is 6.47. The SMILES string of the molecule is C=C1C(=O)N(c2cc(OC)c(OC)c(OC)c2)[C@H]1c1ccc(OC)c(OS(N)(=O)=O)c1. The summed E-state index contributed by atoms with van der Waals surface area (Å²) in [5.41, 5.74) is 1.32. The van der Waals surface area contributed by atoms with Crippen LogP contribution in [-0.2, 0) is 15.1 Å². The third-order valence-electron chi connectivity index (χ3n) is 4.72. The summed E-state index contributed by atoms with van der Waals surface area (Å²) in [5.74, 6) is 0.852. The summed E-state index contributed by atoms with van der Waals surface area (Å²) in [4.78, 5) is 14.1. The number of rotatable bonds is 8. The van der Waals surface area contributed by atoms with Crippen LogP contribution in [0.5, 0.6) is 28.7 Å². The minimum absolute atomic E-state index is 0.112. The normalized spacial score (nSPS) is 15.9. The van der Waals surface area contributed by atoms with Gasteiger partial charge >= 0.3 is 10.3 Å². The fourth-order valence-electron chi connectivity index (χ4n) is 3.36. The smallest absolute Gasteiger partial charge is 0.380 e. The lowest BCUT2D eigenvalue weighted by Crippen LogP contribution is -2.48. The Bertz CT molecular complexity index is 1120. The number of carbonyl (C=O) groups is 1. The number of β-lactam (4-membered cyclic amide) rings is 1. The zero-order chi connectivity index (χ0) is 22.9. The first kappa shape index (κ1) is 22.2. The molecule has 1 atom stereocenters. The summed E-state index contributed by atoms with van der Waals surface area (Å²) in [5, 5.41) is 5.00. The third kappa shape index (κ3) is 4.09. The van der Waals surface area contributed by atoms with Gasteiger partial charge in [0, 0.05) is 17.7 Å². The molecule has 3 rings (SSSR count). The largest absolute Gasteiger partial charge is 0.493 e. The van der Waals surface area contributed by atoms with E-state index in [2.05, 4.69) is 6.58 Å². The highest BCUT2D eigenvalue weighted by Gasteiger charge is 2.43. The first-order valence-corrected chi connectivity index (χ1v) is 10.3. The molecule has 0 unspecified atom stereocenters. The third-order valence-corrected chi connectivity index (χ3v) is 5.13. The van der Waals surface area contributed by atoms with E-state index in [0.29, 0.717) is 34.1 Å². The molecular weight excluding hydrogens is 428 g/mol. The minimum atomic E-state index is -4.29. The lowest BCUT2D eigenvalue weighted by atomic mass is 9.88. The summed E-state index contributed by atoms with van der Waals surface area (Å²) in [6.07, 6.45) is 0. The molecule has 31 heavy (non-hydrogen) atoms. The molecule has 1 saturated heterocycles. The summed E-state index contributed by atoms with van der Waals surface area (Å²) in [6.45, 7) is 3.85. The van der Waals surface area contributed by atoms with Gasteiger partial charge in [-0.25, -0.2) is 0 Å². The van der Waals surface area contributed by atoms with E-state index in [4.69, 9.17) is 28.3 Å². The monoisotopic (exact) mass is 450 g/mol. The molecule has 1 aliphatic heterocycles. The Hall–Kier alpha value is -3.44. The predicted molar refractivity (Wildman–Crippen MR) is 112 cm³/mol. The summed E-state index contributed by atoms with van der Waals surface area (Å²) < 4.78 is 48.8. The number of amides is 1. The zero-order valence-corrected chi connectivity index (χ0v) is 18.2. The Kier molecular flexibility index (Phi) is 6.00. The molecule has 1 aliphatic rings. The van der Waals surface area contributed by atoms with E-state index < -0.39 is 16.3 Å². The van der Waals surface area contributed by atoms with Gasteiger partial charge in [0.2, 0.25) is 5.75 Å². The Morgan fingerprint density at radius 1 is 0.903 bits per heavy atom. The highest BCUT2D eigenvalue weighted by Crippen LogP contribution is 2.48. The van der Waals surface area contributed by atoms with E-state index in [1.54, 1.807) is 18.2 Å². The quantitative estimate of drug-likeness (QED) is 0.478. The molecule has 0 bridgehead atoms. The van der Waals surface area contributed by atoms with Gasteiger partial charge in [-0.1, -0.05) is 12.6 Å². The van der Waals surface area contributed by atoms with Crippen molar-refractivity contribution in [3.05, 3.63) is 48.0 Å². The number of nitrogens with zero attached hydrogens (tertiary/aromatic N) is 1. The van der Waals surface area contributed by atoms with Crippen LogP contribution in [0.1, 0.15) is 11.6 Å². The standard InChI is InChI=1S/C20H22N2O8S/c1-11-18(12-6-7-14(26-2)15(8-12)30-31(21,24)25)22(20(11)23)13-9-16(27-3)19(29-5)17(10-13)28-4/h6-10,18H,1H2,2-5H3,(H2,21,24,25)/t18-/m1/s1. The van der Waals surface area contributed by atoms with Gasteiger partial charge in [0.1, 0.15) is 0 Å². The lowest BCUT2D eigenvalue weighted by Gasteiger charge is -2.42. The topological polar surface area (TPSA) is 127 Å². The molecule has 11 heteroatoms. The van der Waals surface area contributed by atoms with Gasteiger partial charge in [-0.05, 0) is 17.7 Å². The molecule has 2 N–H and O–H groups in total. The molecule has 1 amide bonds. The van der Waals surface area contributed by atoms with Crippen molar-refractivity contribution >= 4 is 21.9 Å². The molecule has 0 saturated carbocycles. The van der Waals surface area contributed by atoms with Crippen molar-refractivity contribution < 1.29 is 36.3 Å². The minimum Gasteiger partial charge on any atom is -0.493 e. The van der Waals surface area contributed by atoms with Crippen LogP contribution in [-0.4, -0.2) is 42.8 Å². The fraction of sp³-hybridized carbons (Fsp3) is 0.250. The van der Waals surface area contributed by atoms with Crippen molar-refractivity contribution in [1.82, 2.24) is 0 Å². The van der Waals surface area contributed by atoms with Crippen molar-refractivity contribution in [2.45, 2.75) is 6.04 Å². The zero-order valence-electron chi connectivity index (χ0n) is 17.4. The highest BCUT2D eigenvalue weighted by atomic mass is 32.2. The van der Waals surface area contributed by atoms with E-state index in [-0.39, 0.29) is 17.4 Å². The average Bonchev–Trinajstić information content (AvgIpc) is 2.74. The van der Waals surface area contributed by atoms with Gasteiger partial charge in [0.25, 0.3) is 5.91 Å². The van der Waals surface area contributed by atoms with Crippen LogP contribution in [0, 0.1) is 0 Å². The molecule has 0 radical (unpaired) electrons. The maximum Gasteiger partial charge on any atom is 0.380 e. The van der Waals surface area contributed by atoms with Gasteiger partial charge in [0.05, 0.1) is 40.2 Å². The Labute approximate surface area is 180 Å². The molecule has 1 heterocycles. The first-order valence-electron chi connectivity index (χ1n) is 8.87. The first-order chi connectivity index (χ1) is 14.6. The lowest BCUT2D eigenvalue weighted by molar-refractivity contribution is -0.119. The number of ether oxygens (including phenoxy) is 4. The molecule has 166 valence electrons. The van der Waals surface area contributed by atoms with Crippen molar-refractivity contribution in [2.75, 3.05) is 33.3 Å². The van der Waals surface area contributed by atoms with Crippen LogP contribution < -0.4 is 33.2 Å². The maximum absolute atomic E-state index is 12.7. The fourth-order valence-corrected chi connectivity index (χ4v) is 3.74. The Balaban J connectivity index is 2.08. The van der Waals surface area contributed by atoms with Crippen molar-refractivity contribution in [3.63, 3.8) is 0 Å². The molecule has 1 fully saturated rings. The summed E-state index contributed by atoms with van der Waals surface area (Å²) in [6, 6.07) is 7.27. The average molecular weight is 450 g/mol. The number of hydrogen-bond donors (Lipinski definition) is 1. The van der Waals surface area contributed by atoms with Crippen LogP contribution in [0.3, 0.4) is 0 Å². The van der Waals surface area contributed by atoms with E-state index in [9.17, 15) is 13.2 Å². The van der Waals surface area contributed by atoms with Crippen molar-refractivity contribution in [3.8, 4) is 28.7 Å². The van der Waals surface area contributed by atoms with Gasteiger partial charge < -0.3 is 23.1 Å². The van der Waals surface area contributed by atoms with E-state index in [1.165, 1.54) is 45.5 Å². The number of anilines is 1. The summed E-state index contributed by atoms with van der Waals surface area (Å²) >= 11 is 0. The second kappa shape index (κ2) is 8.36. The van der Waals surface area contributed by atoms with Crippen LogP contribution in [0.15, 0.2) is 42.5 Å². The van der Waals surface area contributed by atoms with Gasteiger partial charge in [-0.3, -0.25) is 9.69 Å². The second-order valence-corrected chi connectivity index (χ2v) is 7.63. The van der Waals surface area contributed by atoms with Gasteiger partial charge in [-0.15, -0.1) is 0 Å². The molecule has 2 aromatic carbocycles. The van der Waals surface area contributed by atoms with E-state index in [0.717, 1.165) is 0 Å². The predicted octanol–water partition coefficient (Wildman–Crippen LogP) is 1.95.